The molecule has 0 saturated carbocycles. The molecule has 16 heavy (non-hydrogen) atoms. The van der Waals surface area contributed by atoms with Crippen LogP contribution >= 0.6 is 0 Å². The van der Waals surface area contributed by atoms with Crippen LogP contribution in [0.3, 0.4) is 0 Å². The van der Waals surface area contributed by atoms with Gasteiger partial charge in [-0.3, -0.25) is 4.79 Å². The van der Waals surface area contributed by atoms with Crippen LogP contribution in [0.25, 0.3) is 0 Å². The summed E-state index contributed by atoms with van der Waals surface area (Å²) in [5.74, 6) is 0. The van der Waals surface area contributed by atoms with Crippen molar-refractivity contribution in [2.45, 2.75) is 32.6 Å². The molecule has 1 aromatic heterocycles. The number of aromatic nitrogens is 1. The van der Waals surface area contributed by atoms with Crippen molar-refractivity contribution < 1.29 is 9.47 Å². The molecule has 1 saturated heterocycles. The van der Waals surface area contributed by atoms with Crippen LogP contribution in [0.4, 0.5) is 0 Å². The molecule has 4 heteroatoms. The molecule has 0 aromatic carbocycles. The van der Waals surface area contributed by atoms with Crippen LogP contribution in [-0.2, 0) is 16.0 Å². The minimum Gasteiger partial charge on any atom is -0.353 e. The molecule has 0 atom stereocenters. The topological polar surface area (TPSA) is 40.5 Å². The number of ether oxygens (including phenoxy) is 2. The largest absolute Gasteiger partial charge is 0.353 e. The second kappa shape index (κ2) is 5.27. The van der Waals surface area contributed by atoms with Gasteiger partial charge in [0, 0.05) is 25.2 Å². The molecule has 2 rings (SSSR count). The molecule has 0 amide bonds. The summed E-state index contributed by atoms with van der Waals surface area (Å²) in [6, 6.07) is 3.58. The molecule has 0 unspecified atom stereocenters. The highest BCUT2D eigenvalue weighted by atomic mass is 16.7. The summed E-state index contributed by atoms with van der Waals surface area (Å²) in [5, 5.41) is 0. The fraction of sp³-hybridized carbons (Fsp3) is 0.583. The van der Waals surface area contributed by atoms with E-state index in [1.54, 1.807) is 10.6 Å². The second-order valence-corrected chi connectivity index (χ2v) is 4.05. The number of pyridine rings is 1. The molecular weight excluding hydrogens is 206 g/mol. The number of rotatable bonds is 3. The van der Waals surface area contributed by atoms with Gasteiger partial charge in [0.25, 0.3) is 5.56 Å². The molecule has 0 radical (unpaired) electrons. The first-order valence-electron chi connectivity index (χ1n) is 5.66. The Hall–Kier alpha value is -1.13. The molecule has 1 aliphatic rings. The van der Waals surface area contributed by atoms with E-state index < -0.39 is 0 Å². The zero-order valence-electron chi connectivity index (χ0n) is 9.52. The third-order valence-corrected chi connectivity index (χ3v) is 2.65. The van der Waals surface area contributed by atoms with Gasteiger partial charge in [0.15, 0.2) is 6.29 Å². The summed E-state index contributed by atoms with van der Waals surface area (Å²) in [4.78, 5) is 11.6. The molecule has 0 spiro atoms. The molecule has 88 valence electrons. The normalized spacial score (nSPS) is 17.6. The van der Waals surface area contributed by atoms with E-state index in [2.05, 4.69) is 0 Å². The highest BCUT2D eigenvalue weighted by Gasteiger charge is 2.13. The van der Waals surface area contributed by atoms with Crippen molar-refractivity contribution in [3.05, 3.63) is 34.2 Å². The van der Waals surface area contributed by atoms with Crippen molar-refractivity contribution in [1.29, 1.82) is 0 Å². The molecule has 0 bridgehead atoms. The smallest absolute Gasteiger partial charge is 0.250 e. The highest BCUT2D eigenvalue weighted by Crippen LogP contribution is 2.09. The quantitative estimate of drug-likeness (QED) is 0.775. The fourth-order valence-electron chi connectivity index (χ4n) is 1.74. The Morgan fingerprint density at radius 3 is 2.88 bits per heavy atom. The Balaban J connectivity index is 1.91. The van der Waals surface area contributed by atoms with E-state index in [1.165, 1.54) is 0 Å². The van der Waals surface area contributed by atoms with E-state index in [0.717, 1.165) is 31.6 Å². The Kier molecular flexibility index (Phi) is 3.74. The van der Waals surface area contributed by atoms with Gasteiger partial charge in [0.1, 0.15) is 0 Å². The summed E-state index contributed by atoms with van der Waals surface area (Å²) >= 11 is 0. The van der Waals surface area contributed by atoms with Crippen molar-refractivity contribution in [2.75, 3.05) is 13.2 Å². The van der Waals surface area contributed by atoms with Crippen molar-refractivity contribution in [1.82, 2.24) is 4.57 Å². The van der Waals surface area contributed by atoms with Crippen molar-refractivity contribution in [3.63, 3.8) is 0 Å². The van der Waals surface area contributed by atoms with Gasteiger partial charge < -0.3 is 14.0 Å². The Morgan fingerprint density at radius 1 is 1.44 bits per heavy atom. The van der Waals surface area contributed by atoms with Crippen LogP contribution in [0.2, 0.25) is 0 Å². The van der Waals surface area contributed by atoms with Crippen molar-refractivity contribution in [2.24, 2.45) is 0 Å². The number of nitrogens with zero attached hydrogens (tertiary/aromatic N) is 1. The van der Waals surface area contributed by atoms with Crippen LogP contribution in [-0.4, -0.2) is 24.1 Å². The van der Waals surface area contributed by atoms with Gasteiger partial charge in [0.05, 0.1) is 13.2 Å². The van der Waals surface area contributed by atoms with E-state index in [1.807, 2.05) is 19.2 Å². The van der Waals surface area contributed by atoms with Crippen LogP contribution in [0.1, 0.15) is 18.4 Å². The molecule has 1 fully saturated rings. The first-order valence-corrected chi connectivity index (χ1v) is 5.66. The van der Waals surface area contributed by atoms with Crippen LogP contribution in [0.5, 0.6) is 0 Å². The maximum Gasteiger partial charge on any atom is 0.250 e. The van der Waals surface area contributed by atoms with Crippen molar-refractivity contribution >= 4 is 0 Å². The molecule has 1 aliphatic heterocycles. The number of aryl methyl sites for hydroxylation is 2. The minimum atomic E-state index is -0.151. The zero-order chi connectivity index (χ0) is 11.4. The van der Waals surface area contributed by atoms with E-state index in [4.69, 9.17) is 9.47 Å². The van der Waals surface area contributed by atoms with E-state index in [-0.39, 0.29) is 11.8 Å². The predicted octanol–water partition coefficient (Wildman–Crippen LogP) is 1.31. The standard InChI is InChI=1S/C12H17NO3/c1-10-3-5-13(11(14)9-10)6-4-12-15-7-2-8-16-12/h3,5,9,12H,2,4,6-8H2,1H3. The molecular formula is C12H17NO3. The maximum absolute atomic E-state index is 11.6. The predicted molar refractivity (Wildman–Crippen MR) is 60.4 cm³/mol. The van der Waals surface area contributed by atoms with E-state index >= 15 is 0 Å². The van der Waals surface area contributed by atoms with Gasteiger partial charge in [-0.1, -0.05) is 0 Å². The first-order chi connectivity index (χ1) is 7.75. The van der Waals surface area contributed by atoms with E-state index in [0.29, 0.717) is 6.54 Å². The third-order valence-electron chi connectivity index (χ3n) is 2.65. The number of hydrogen-bond acceptors (Lipinski definition) is 3. The molecule has 0 aliphatic carbocycles. The maximum atomic E-state index is 11.6. The highest BCUT2D eigenvalue weighted by molar-refractivity contribution is 5.07. The summed E-state index contributed by atoms with van der Waals surface area (Å²) in [6.45, 7) is 4.07. The van der Waals surface area contributed by atoms with Crippen LogP contribution in [0.15, 0.2) is 23.1 Å². The molecule has 1 aromatic rings. The van der Waals surface area contributed by atoms with Gasteiger partial charge in [-0.05, 0) is 25.0 Å². The second-order valence-electron chi connectivity index (χ2n) is 4.05. The SMILES string of the molecule is Cc1ccn(CCC2OCCCO2)c(=O)c1. The van der Waals surface area contributed by atoms with Crippen LogP contribution in [0, 0.1) is 6.92 Å². The molecule has 4 nitrogen and oxygen atoms in total. The Morgan fingerprint density at radius 2 is 2.19 bits per heavy atom. The lowest BCUT2D eigenvalue weighted by Gasteiger charge is -2.23. The van der Waals surface area contributed by atoms with Gasteiger partial charge in [-0.25, -0.2) is 0 Å². The monoisotopic (exact) mass is 223 g/mol. The van der Waals surface area contributed by atoms with Crippen molar-refractivity contribution in [3.8, 4) is 0 Å². The first kappa shape index (κ1) is 11.4. The van der Waals surface area contributed by atoms with Crippen LogP contribution < -0.4 is 5.56 Å². The zero-order valence-corrected chi connectivity index (χ0v) is 9.52. The molecule has 2 heterocycles. The van der Waals surface area contributed by atoms with E-state index in [9.17, 15) is 4.79 Å². The van der Waals surface area contributed by atoms with Gasteiger partial charge in [0.2, 0.25) is 0 Å². The lowest BCUT2D eigenvalue weighted by molar-refractivity contribution is -0.182. The Labute approximate surface area is 94.8 Å². The van der Waals surface area contributed by atoms with Gasteiger partial charge in [-0.15, -0.1) is 0 Å². The number of hydrogen-bond donors (Lipinski definition) is 0. The lowest BCUT2D eigenvalue weighted by Crippen LogP contribution is -2.28. The third kappa shape index (κ3) is 2.93. The average molecular weight is 223 g/mol. The Bertz CT molecular complexity index is 393. The minimum absolute atomic E-state index is 0.0378. The summed E-state index contributed by atoms with van der Waals surface area (Å²) in [7, 11) is 0. The van der Waals surface area contributed by atoms with Gasteiger partial charge >= 0.3 is 0 Å². The molecule has 0 N–H and O–H groups in total. The van der Waals surface area contributed by atoms with Gasteiger partial charge in [-0.2, -0.15) is 0 Å². The lowest BCUT2D eigenvalue weighted by atomic mass is 10.3. The summed E-state index contributed by atoms with van der Waals surface area (Å²) in [6.07, 6.45) is 3.35. The fourth-order valence-corrected chi connectivity index (χ4v) is 1.74. The summed E-state index contributed by atoms with van der Waals surface area (Å²) in [5.41, 5.74) is 1.03. The summed E-state index contributed by atoms with van der Waals surface area (Å²) < 4.78 is 12.5. The average Bonchev–Trinajstić information content (AvgIpc) is 2.29.